The molecule has 0 aromatic carbocycles. The highest BCUT2D eigenvalue weighted by molar-refractivity contribution is 9.10. The second-order valence-corrected chi connectivity index (χ2v) is 6.52. The highest BCUT2D eigenvalue weighted by atomic mass is 79.9. The molecule has 2 atom stereocenters. The average Bonchev–Trinajstić information content (AvgIpc) is 3.03. The lowest BCUT2D eigenvalue weighted by molar-refractivity contribution is 0.173. The molecule has 0 amide bonds. The molecule has 1 saturated carbocycles. The predicted octanol–water partition coefficient (Wildman–Crippen LogP) is 3.24. The van der Waals surface area contributed by atoms with Crippen molar-refractivity contribution in [2.75, 3.05) is 13.6 Å². The van der Waals surface area contributed by atoms with E-state index in [1.807, 2.05) is 0 Å². The molecule has 1 aliphatic rings. The van der Waals surface area contributed by atoms with Crippen molar-refractivity contribution in [1.29, 1.82) is 0 Å². The van der Waals surface area contributed by atoms with Gasteiger partial charge >= 0.3 is 0 Å². The molecule has 0 aliphatic heterocycles. The smallest absolute Gasteiger partial charge is 0.0564 e. The van der Waals surface area contributed by atoms with Crippen LogP contribution in [-0.2, 0) is 0 Å². The van der Waals surface area contributed by atoms with E-state index < -0.39 is 0 Å². The fourth-order valence-electron chi connectivity index (χ4n) is 2.18. The van der Waals surface area contributed by atoms with Gasteiger partial charge in [-0.25, -0.2) is 0 Å². The quantitative estimate of drug-likeness (QED) is 0.905. The van der Waals surface area contributed by atoms with Crippen molar-refractivity contribution in [3.05, 3.63) is 20.8 Å². The topological polar surface area (TPSA) is 29.3 Å². The summed E-state index contributed by atoms with van der Waals surface area (Å²) in [5, 5.41) is 2.13. The molecule has 90 valence electrons. The van der Waals surface area contributed by atoms with Crippen LogP contribution in [0.1, 0.15) is 30.7 Å². The van der Waals surface area contributed by atoms with Gasteiger partial charge in [-0.3, -0.25) is 4.90 Å². The number of hydrogen-bond acceptors (Lipinski definition) is 3. The molecule has 1 aromatic heterocycles. The molecule has 0 spiro atoms. The van der Waals surface area contributed by atoms with E-state index in [1.165, 1.54) is 22.2 Å². The standard InChI is InChI=1S/C12H19BrN2S/c1-8(9-3-4-9)15(2)11(6-14)12-5-10(13)7-16-12/h5,7-9,11H,3-4,6,14H2,1-2H3. The van der Waals surface area contributed by atoms with Crippen LogP contribution in [0.15, 0.2) is 15.9 Å². The van der Waals surface area contributed by atoms with Gasteiger partial charge in [-0.2, -0.15) is 0 Å². The molecule has 1 aromatic rings. The molecule has 1 fully saturated rings. The number of hydrogen-bond donors (Lipinski definition) is 1. The molecule has 1 heterocycles. The van der Waals surface area contributed by atoms with Crippen LogP contribution >= 0.6 is 27.3 Å². The van der Waals surface area contributed by atoms with Gasteiger partial charge in [-0.05, 0) is 54.7 Å². The van der Waals surface area contributed by atoms with E-state index in [-0.39, 0.29) is 0 Å². The Morgan fingerprint density at radius 3 is 2.75 bits per heavy atom. The second-order valence-electron chi connectivity index (χ2n) is 4.66. The predicted molar refractivity (Wildman–Crippen MR) is 73.8 cm³/mol. The highest BCUT2D eigenvalue weighted by Crippen LogP contribution is 2.38. The first kappa shape index (κ1) is 12.6. The van der Waals surface area contributed by atoms with Gasteiger partial charge in [-0.1, -0.05) is 0 Å². The van der Waals surface area contributed by atoms with Crippen molar-refractivity contribution in [2.45, 2.75) is 31.8 Å². The van der Waals surface area contributed by atoms with E-state index in [0.717, 1.165) is 5.92 Å². The molecule has 4 heteroatoms. The first-order chi connectivity index (χ1) is 7.63. The average molecular weight is 303 g/mol. The van der Waals surface area contributed by atoms with Gasteiger partial charge < -0.3 is 5.73 Å². The number of halogens is 1. The lowest BCUT2D eigenvalue weighted by Gasteiger charge is -2.32. The van der Waals surface area contributed by atoms with Gasteiger partial charge in [0.25, 0.3) is 0 Å². The van der Waals surface area contributed by atoms with E-state index in [4.69, 9.17) is 5.73 Å². The second kappa shape index (κ2) is 5.17. The summed E-state index contributed by atoms with van der Waals surface area (Å²) in [6.07, 6.45) is 2.77. The molecule has 16 heavy (non-hydrogen) atoms. The van der Waals surface area contributed by atoms with E-state index in [2.05, 4.69) is 46.2 Å². The van der Waals surface area contributed by atoms with E-state index in [0.29, 0.717) is 18.6 Å². The molecule has 2 rings (SSSR count). The largest absolute Gasteiger partial charge is 0.329 e. The Hall–Kier alpha value is 0.1000. The van der Waals surface area contributed by atoms with Crippen LogP contribution in [-0.4, -0.2) is 24.5 Å². The number of nitrogens with zero attached hydrogens (tertiary/aromatic N) is 1. The molecule has 0 saturated heterocycles. The first-order valence-electron chi connectivity index (χ1n) is 5.79. The first-order valence-corrected chi connectivity index (χ1v) is 7.46. The Balaban J connectivity index is 2.08. The molecular weight excluding hydrogens is 284 g/mol. The lowest BCUT2D eigenvalue weighted by Crippen LogP contribution is -2.37. The molecule has 0 bridgehead atoms. The van der Waals surface area contributed by atoms with Crippen molar-refractivity contribution < 1.29 is 0 Å². The van der Waals surface area contributed by atoms with Gasteiger partial charge in [-0.15, -0.1) is 11.3 Å². The van der Waals surface area contributed by atoms with Crippen LogP contribution in [0, 0.1) is 5.92 Å². The minimum atomic E-state index is 0.367. The van der Waals surface area contributed by atoms with Crippen molar-refractivity contribution in [3.8, 4) is 0 Å². The van der Waals surface area contributed by atoms with Crippen LogP contribution in [0.5, 0.6) is 0 Å². The van der Waals surface area contributed by atoms with Crippen molar-refractivity contribution >= 4 is 27.3 Å². The van der Waals surface area contributed by atoms with Crippen molar-refractivity contribution in [1.82, 2.24) is 4.90 Å². The van der Waals surface area contributed by atoms with E-state index in [1.54, 1.807) is 11.3 Å². The SMILES string of the molecule is CC(C1CC1)N(C)C(CN)c1cc(Br)cs1. The fraction of sp³-hybridized carbons (Fsp3) is 0.667. The molecular formula is C12H19BrN2S. The van der Waals surface area contributed by atoms with Gasteiger partial charge in [0.1, 0.15) is 0 Å². The number of rotatable bonds is 5. The summed E-state index contributed by atoms with van der Waals surface area (Å²) in [5.74, 6) is 0.891. The molecule has 1 aliphatic carbocycles. The summed E-state index contributed by atoms with van der Waals surface area (Å²) < 4.78 is 1.17. The summed E-state index contributed by atoms with van der Waals surface area (Å²) in [6.45, 7) is 3.02. The number of thiophene rings is 1. The van der Waals surface area contributed by atoms with Gasteiger partial charge in [0.05, 0.1) is 6.04 Å². The summed E-state index contributed by atoms with van der Waals surface area (Å²) in [4.78, 5) is 3.81. The summed E-state index contributed by atoms with van der Waals surface area (Å²) >= 11 is 5.30. The summed E-state index contributed by atoms with van der Waals surface area (Å²) in [5.41, 5.74) is 5.92. The van der Waals surface area contributed by atoms with Gasteiger partial charge in [0.15, 0.2) is 0 Å². The molecule has 2 N–H and O–H groups in total. The normalized spacial score (nSPS) is 20.1. The Morgan fingerprint density at radius 2 is 2.31 bits per heavy atom. The van der Waals surface area contributed by atoms with Crippen LogP contribution in [0.4, 0.5) is 0 Å². The third-order valence-electron chi connectivity index (χ3n) is 3.58. The lowest BCUT2D eigenvalue weighted by atomic mass is 10.1. The Bertz CT molecular complexity index is 349. The zero-order valence-corrected chi connectivity index (χ0v) is 12.2. The zero-order chi connectivity index (χ0) is 11.7. The van der Waals surface area contributed by atoms with E-state index >= 15 is 0 Å². The van der Waals surface area contributed by atoms with Crippen molar-refractivity contribution in [3.63, 3.8) is 0 Å². The van der Waals surface area contributed by atoms with E-state index in [9.17, 15) is 0 Å². The maximum atomic E-state index is 5.92. The minimum Gasteiger partial charge on any atom is -0.329 e. The van der Waals surface area contributed by atoms with Crippen molar-refractivity contribution in [2.24, 2.45) is 11.7 Å². The Kier molecular flexibility index (Phi) is 4.06. The summed E-state index contributed by atoms with van der Waals surface area (Å²) in [7, 11) is 2.20. The number of likely N-dealkylation sites (N-methyl/N-ethyl adjacent to an activating group) is 1. The minimum absolute atomic E-state index is 0.367. The highest BCUT2D eigenvalue weighted by Gasteiger charge is 2.33. The maximum Gasteiger partial charge on any atom is 0.0564 e. The van der Waals surface area contributed by atoms with Crippen LogP contribution in [0.3, 0.4) is 0 Å². The Labute approximate surface area is 110 Å². The van der Waals surface area contributed by atoms with Crippen LogP contribution < -0.4 is 5.73 Å². The zero-order valence-electron chi connectivity index (χ0n) is 9.82. The third-order valence-corrected chi connectivity index (χ3v) is 5.37. The van der Waals surface area contributed by atoms with Crippen LogP contribution in [0.25, 0.3) is 0 Å². The number of nitrogens with two attached hydrogens (primary N) is 1. The molecule has 2 unspecified atom stereocenters. The Morgan fingerprint density at radius 1 is 1.62 bits per heavy atom. The van der Waals surface area contributed by atoms with Gasteiger partial charge in [0, 0.05) is 27.3 Å². The fourth-order valence-corrected chi connectivity index (χ4v) is 3.79. The monoisotopic (exact) mass is 302 g/mol. The third kappa shape index (κ3) is 2.67. The summed E-state index contributed by atoms with van der Waals surface area (Å²) in [6, 6.07) is 3.21. The van der Waals surface area contributed by atoms with Gasteiger partial charge in [0.2, 0.25) is 0 Å². The molecule has 0 radical (unpaired) electrons. The van der Waals surface area contributed by atoms with Crippen LogP contribution in [0.2, 0.25) is 0 Å². The maximum absolute atomic E-state index is 5.92. The molecule has 2 nitrogen and oxygen atoms in total.